The summed E-state index contributed by atoms with van der Waals surface area (Å²) in [5.74, 6) is 0. The van der Waals surface area contributed by atoms with Crippen LogP contribution in [0.3, 0.4) is 0 Å². The number of hydrogen-bond acceptors (Lipinski definition) is 0. The van der Waals surface area contributed by atoms with Gasteiger partial charge in [0.25, 0.3) is 0 Å². The molecule has 0 atom stereocenters. The van der Waals surface area contributed by atoms with Crippen LogP contribution in [-0.4, -0.2) is 0 Å². The molecule has 2 aliphatic carbocycles. The fraction of sp³-hybridized carbons (Fsp3) is 0.302. The molecule has 0 bridgehead atoms. The van der Waals surface area contributed by atoms with Gasteiger partial charge in [0, 0.05) is 0 Å². The van der Waals surface area contributed by atoms with Gasteiger partial charge in [0.1, 0.15) is 0 Å². The maximum Gasteiger partial charge on any atom is -1.00 e. The van der Waals surface area contributed by atoms with Crippen LogP contribution in [0.5, 0.6) is 0 Å². The van der Waals surface area contributed by atoms with Crippen LogP contribution in [-0.2, 0) is 47.9 Å². The van der Waals surface area contributed by atoms with Gasteiger partial charge in [-0.05, 0) is 0 Å². The van der Waals surface area contributed by atoms with E-state index in [1.54, 1.807) is 0 Å². The Morgan fingerprint density at radius 2 is 1.15 bits per heavy atom. The Balaban J connectivity index is 0.00000302. The molecule has 4 aromatic carbocycles. The summed E-state index contributed by atoms with van der Waals surface area (Å²) >= 11 is 1.22. The van der Waals surface area contributed by atoms with Crippen molar-refractivity contribution in [2.75, 3.05) is 0 Å². The zero-order valence-electron chi connectivity index (χ0n) is 30.2. The second kappa shape index (κ2) is 14.4. The zero-order chi connectivity index (χ0) is 36.7. The summed E-state index contributed by atoms with van der Waals surface area (Å²) in [6, 6.07) is 14.6. The first-order valence-electron chi connectivity index (χ1n) is 16.6. The molecule has 0 N–H and O–H groups in total. The van der Waals surface area contributed by atoms with Gasteiger partial charge in [-0.1, -0.05) is 0 Å². The summed E-state index contributed by atoms with van der Waals surface area (Å²) in [7, 11) is 0. The number of benzene rings is 4. The van der Waals surface area contributed by atoms with Crippen LogP contribution in [0.4, 0.5) is 26.3 Å². The van der Waals surface area contributed by atoms with Crippen molar-refractivity contribution in [2.45, 2.75) is 85.0 Å². The van der Waals surface area contributed by atoms with E-state index in [1.807, 2.05) is 0 Å². The van der Waals surface area contributed by atoms with Crippen molar-refractivity contribution in [3.05, 3.63) is 155 Å². The maximum absolute atomic E-state index is 13.8. The Bertz CT molecular complexity index is 2270. The summed E-state index contributed by atoms with van der Waals surface area (Å²) in [5, 5.41) is 4.02. The molecule has 0 radical (unpaired) electrons. The van der Waals surface area contributed by atoms with Crippen LogP contribution >= 0.6 is 0 Å². The number of allylic oxidation sites excluding steroid dienone is 4. The minimum absolute atomic E-state index is 0. The average molecular weight is 832 g/mol. The number of halogens is 8. The van der Waals surface area contributed by atoms with E-state index in [0.717, 1.165) is 73.8 Å². The zero-order valence-corrected chi connectivity index (χ0v) is 34.2. The standard InChI is InChI=1S/C43H39F6.2ClH.Zr/c1-24-21-29-22-33-35(26-11-9-10-12-26)25(2)39(41(6,7)8)38(37(33)32(29)23-34(24)40(3,4)5)36(27-13-17-30(18-14-27)42(44,45)46)28-15-19-31(20-16-28)43(47,48)49;;;/h9-11,13-21,23H,12H2,1-8H3;2*1H;/q;;;+2/p-2. The molecule has 0 nitrogen and oxygen atoms in total. The number of alkyl halides is 6. The van der Waals surface area contributed by atoms with Crippen LogP contribution in [0.25, 0.3) is 14.4 Å². The van der Waals surface area contributed by atoms with Crippen molar-refractivity contribution in [1.29, 1.82) is 0 Å². The molecule has 0 amide bonds. The minimum atomic E-state index is -4.54. The van der Waals surface area contributed by atoms with E-state index in [9.17, 15) is 26.3 Å². The van der Waals surface area contributed by atoms with E-state index >= 15 is 0 Å². The summed E-state index contributed by atoms with van der Waals surface area (Å²) in [6.07, 6.45) is -1.94. The summed E-state index contributed by atoms with van der Waals surface area (Å²) in [4.78, 5) is 0. The van der Waals surface area contributed by atoms with Crippen molar-refractivity contribution in [2.24, 2.45) is 0 Å². The van der Waals surface area contributed by atoms with E-state index in [1.165, 1.54) is 69.0 Å². The monoisotopic (exact) mass is 829 g/mol. The largest absolute Gasteiger partial charge is 1.00 e. The van der Waals surface area contributed by atoms with Crippen molar-refractivity contribution < 1.29 is 75.9 Å². The fourth-order valence-electron chi connectivity index (χ4n) is 7.79. The number of hydrogen-bond donors (Lipinski definition) is 0. The first-order valence-corrected chi connectivity index (χ1v) is 17.9. The van der Waals surface area contributed by atoms with Gasteiger partial charge in [-0.15, -0.1) is 0 Å². The molecule has 0 aromatic heterocycles. The molecular weight excluding hydrogens is 793 g/mol. The Hall–Kier alpha value is -2.86. The topological polar surface area (TPSA) is 0 Å². The molecule has 0 fully saturated rings. The van der Waals surface area contributed by atoms with Crippen molar-refractivity contribution >= 4 is 14.4 Å². The van der Waals surface area contributed by atoms with Crippen LogP contribution in [0.1, 0.15) is 104 Å². The molecule has 2 aliphatic rings. The van der Waals surface area contributed by atoms with Gasteiger partial charge in [0.2, 0.25) is 0 Å². The first kappa shape index (κ1) is 41.9. The Morgan fingerprint density at radius 3 is 1.56 bits per heavy atom. The van der Waals surface area contributed by atoms with Crippen LogP contribution < -0.4 is 35.3 Å². The SMILES string of the molecule is Cc1cc2c(cc1C(C)(C)C)=c1c(c(C3=CC=CC3)c(C)c(C(C)(C)C)c1=C(c1ccc(C(F)(F)F)cc1)c1ccc(C(F)(F)F)cc1)[C]=2[Zr+2].[Cl-].[Cl-]. The predicted molar refractivity (Wildman–Crippen MR) is 185 cm³/mol. The van der Waals surface area contributed by atoms with E-state index in [-0.39, 0.29) is 30.2 Å². The summed E-state index contributed by atoms with van der Waals surface area (Å²) in [5.41, 5.74) is 7.32. The maximum atomic E-state index is 13.8. The Kier molecular flexibility index (Phi) is 11.6. The number of aryl methyl sites for hydroxylation is 1. The first-order chi connectivity index (χ1) is 23.1. The average Bonchev–Trinajstić information content (AvgIpc) is 3.62. The van der Waals surface area contributed by atoms with E-state index in [4.69, 9.17) is 0 Å². The van der Waals surface area contributed by atoms with E-state index in [2.05, 4.69) is 85.8 Å². The number of fused-ring (bicyclic) bond motifs is 2. The van der Waals surface area contributed by atoms with Crippen molar-refractivity contribution in [3.63, 3.8) is 0 Å². The predicted octanol–water partition coefficient (Wildman–Crippen LogP) is 4.84. The smallest absolute Gasteiger partial charge is 1.00 e. The molecule has 0 saturated carbocycles. The third-order valence-corrected chi connectivity index (χ3v) is 11.1. The van der Waals surface area contributed by atoms with Gasteiger partial charge < -0.3 is 24.8 Å². The fourth-order valence-corrected chi connectivity index (χ4v) is 8.91. The molecule has 52 heavy (non-hydrogen) atoms. The summed E-state index contributed by atoms with van der Waals surface area (Å²) < 4.78 is 84.1. The third kappa shape index (κ3) is 7.44. The van der Waals surface area contributed by atoms with Crippen molar-refractivity contribution in [3.8, 4) is 0 Å². The Morgan fingerprint density at radius 1 is 0.654 bits per heavy atom. The van der Waals surface area contributed by atoms with Gasteiger partial charge in [-0.3, -0.25) is 0 Å². The molecule has 6 rings (SSSR count). The number of rotatable bonds is 3. The van der Waals surface area contributed by atoms with Crippen LogP contribution in [0.15, 0.2) is 78.9 Å². The third-order valence-electron chi connectivity index (χ3n) is 9.81. The second-order valence-corrected chi connectivity index (χ2v) is 16.7. The molecule has 0 heterocycles. The molecule has 9 heteroatoms. The van der Waals surface area contributed by atoms with Crippen LogP contribution in [0, 0.1) is 24.3 Å². The molecule has 0 unspecified atom stereocenters. The summed E-state index contributed by atoms with van der Waals surface area (Å²) in [6.45, 7) is 17.2. The van der Waals surface area contributed by atoms with Gasteiger partial charge in [-0.25, -0.2) is 0 Å². The molecule has 4 aromatic rings. The van der Waals surface area contributed by atoms with E-state index in [0.29, 0.717) is 16.7 Å². The van der Waals surface area contributed by atoms with Gasteiger partial charge in [-0.2, -0.15) is 0 Å². The molecule has 0 saturated heterocycles. The molecule has 0 aliphatic heterocycles. The van der Waals surface area contributed by atoms with Gasteiger partial charge in [0.15, 0.2) is 0 Å². The van der Waals surface area contributed by atoms with Gasteiger partial charge >= 0.3 is 306 Å². The normalized spacial score (nSPS) is 14.1. The van der Waals surface area contributed by atoms with Crippen LogP contribution in [0.2, 0.25) is 0 Å². The second-order valence-electron chi connectivity index (χ2n) is 15.4. The molecule has 0 spiro atoms. The minimum Gasteiger partial charge on any atom is -1.00 e. The Labute approximate surface area is 328 Å². The van der Waals surface area contributed by atoms with Crippen molar-refractivity contribution in [1.82, 2.24) is 0 Å². The molecular formula is C43H39Cl2F6Zr. The molecule has 271 valence electrons. The quantitative estimate of drug-likeness (QED) is 0.260. The van der Waals surface area contributed by atoms with Gasteiger partial charge in [0.05, 0.1) is 0 Å². The van der Waals surface area contributed by atoms with E-state index < -0.39 is 28.9 Å².